The molecule has 1 aromatic carbocycles. The number of fused-ring (bicyclic) bond motifs is 1. The van der Waals surface area contributed by atoms with Crippen molar-refractivity contribution in [1.82, 2.24) is 10.3 Å². The smallest absolute Gasteiger partial charge is 0.0751 e. The Kier molecular flexibility index (Phi) is 3.72. The highest BCUT2D eigenvalue weighted by molar-refractivity contribution is 6.35. The Labute approximate surface area is 119 Å². The predicted octanol–water partition coefficient (Wildman–Crippen LogP) is 3.99. The number of aromatic nitrogens is 1. The first-order valence-corrected chi connectivity index (χ1v) is 7.43. The maximum absolute atomic E-state index is 6.29. The van der Waals surface area contributed by atoms with Gasteiger partial charge in [-0.2, -0.15) is 0 Å². The molecule has 2 unspecified atom stereocenters. The van der Waals surface area contributed by atoms with E-state index in [-0.39, 0.29) is 0 Å². The first-order chi connectivity index (χ1) is 9.31. The third-order valence-electron chi connectivity index (χ3n) is 4.28. The fourth-order valence-electron chi connectivity index (χ4n) is 3.22. The first kappa shape index (κ1) is 12.9. The Bertz CT molecular complexity index is 582. The average Bonchev–Trinajstić information content (AvgIpc) is 2.48. The highest BCUT2D eigenvalue weighted by Gasteiger charge is 2.26. The fourth-order valence-corrected chi connectivity index (χ4v) is 3.44. The molecule has 1 fully saturated rings. The zero-order chi connectivity index (χ0) is 13.2. The number of rotatable bonds is 2. The van der Waals surface area contributed by atoms with Gasteiger partial charge < -0.3 is 5.32 Å². The second-order valence-electron chi connectivity index (χ2n) is 5.30. The molecule has 2 atom stereocenters. The number of pyridine rings is 1. The van der Waals surface area contributed by atoms with Gasteiger partial charge in [-0.3, -0.25) is 4.98 Å². The number of hydrogen-bond donors (Lipinski definition) is 1. The van der Waals surface area contributed by atoms with Crippen molar-refractivity contribution in [1.29, 1.82) is 0 Å². The first-order valence-electron chi connectivity index (χ1n) is 7.05. The van der Waals surface area contributed by atoms with Crippen LogP contribution < -0.4 is 5.32 Å². The lowest BCUT2D eigenvalue weighted by Gasteiger charge is -2.32. The molecule has 0 saturated carbocycles. The molecule has 0 aliphatic carbocycles. The summed E-state index contributed by atoms with van der Waals surface area (Å²) in [7, 11) is 0. The van der Waals surface area contributed by atoms with E-state index in [0.717, 1.165) is 29.0 Å². The van der Waals surface area contributed by atoms with Crippen LogP contribution in [0.25, 0.3) is 10.9 Å². The van der Waals surface area contributed by atoms with Crippen LogP contribution >= 0.6 is 11.6 Å². The zero-order valence-corrected chi connectivity index (χ0v) is 12.0. The number of piperidine rings is 1. The minimum Gasteiger partial charge on any atom is -0.316 e. The van der Waals surface area contributed by atoms with Crippen molar-refractivity contribution in [3.05, 3.63) is 41.0 Å². The van der Waals surface area contributed by atoms with Gasteiger partial charge in [0, 0.05) is 16.6 Å². The van der Waals surface area contributed by atoms with Crippen molar-refractivity contribution < 1.29 is 0 Å². The molecule has 0 spiro atoms. The molecular formula is C16H19ClN2. The molecule has 0 radical (unpaired) electrons. The van der Waals surface area contributed by atoms with Crippen LogP contribution in [0.3, 0.4) is 0 Å². The molecule has 2 heterocycles. The summed E-state index contributed by atoms with van der Waals surface area (Å²) in [6, 6.07) is 8.22. The van der Waals surface area contributed by atoms with Crippen molar-refractivity contribution >= 4 is 22.5 Å². The van der Waals surface area contributed by atoms with E-state index in [2.05, 4.69) is 29.4 Å². The molecule has 1 aliphatic heterocycles. The molecule has 3 heteroatoms. The Hall–Kier alpha value is -1.12. The van der Waals surface area contributed by atoms with E-state index in [1.165, 1.54) is 18.4 Å². The molecule has 1 saturated heterocycles. The van der Waals surface area contributed by atoms with Gasteiger partial charge in [-0.25, -0.2) is 0 Å². The summed E-state index contributed by atoms with van der Waals surface area (Å²) in [6.07, 6.45) is 4.25. The maximum atomic E-state index is 6.29. The lowest BCUT2D eigenvalue weighted by Crippen LogP contribution is -2.35. The van der Waals surface area contributed by atoms with E-state index < -0.39 is 0 Å². The van der Waals surface area contributed by atoms with Gasteiger partial charge in [-0.15, -0.1) is 0 Å². The molecule has 100 valence electrons. The van der Waals surface area contributed by atoms with Crippen molar-refractivity contribution in [3.8, 4) is 0 Å². The Morgan fingerprint density at radius 1 is 1.37 bits per heavy atom. The molecule has 0 amide bonds. The van der Waals surface area contributed by atoms with Gasteiger partial charge in [0.25, 0.3) is 0 Å². The summed E-state index contributed by atoms with van der Waals surface area (Å²) in [4.78, 5) is 4.58. The van der Waals surface area contributed by atoms with Crippen LogP contribution in [-0.4, -0.2) is 18.1 Å². The third kappa shape index (κ3) is 2.35. The lowest BCUT2D eigenvalue weighted by atomic mass is 9.79. The van der Waals surface area contributed by atoms with E-state index >= 15 is 0 Å². The monoisotopic (exact) mass is 274 g/mol. The number of hydrogen-bond acceptors (Lipinski definition) is 2. The molecular weight excluding hydrogens is 256 g/mol. The normalized spacial score (nSPS) is 23.7. The molecule has 2 aromatic rings. The Morgan fingerprint density at radius 3 is 3.11 bits per heavy atom. The van der Waals surface area contributed by atoms with Gasteiger partial charge in [0.05, 0.1) is 5.52 Å². The van der Waals surface area contributed by atoms with Gasteiger partial charge >= 0.3 is 0 Å². The number of halogens is 1. The van der Waals surface area contributed by atoms with Crippen molar-refractivity contribution in [2.75, 3.05) is 13.1 Å². The van der Waals surface area contributed by atoms with Crippen LogP contribution in [0.15, 0.2) is 30.5 Å². The van der Waals surface area contributed by atoms with Crippen LogP contribution in [0.4, 0.5) is 0 Å². The molecule has 0 bridgehead atoms. The van der Waals surface area contributed by atoms with Gasteiger partial charge in [0.2, 0.25) is 0 Å². The lowest BCUT2D eigenvalue weighted by molar-refractivity contribution is 0.319. The minimum atomic E-state index is 0.598. The quantitative estimate of drug-likeness (QED) is 0.896. The van der Waals surface area contributed by atoms with Crippen LogP contribution in [-0.2, 0) is 0 Å². The molecule has 1 aromatic heterocycles. The molecule has 1 aliphatic rings. The number of nitrogens with one attached hydrogen (secondary N) is 1. The summed E-state index contributed by atoms with van der Waals surface area (Å²) < 4.78 is 0. The van der Waals surface area contributed by atoms with Crippen molar-refractivity contribution in [2.45, 2.75) is 25.7 Å². The van der Waals surface area contributed by atoms with Gasteiger partial charge in [0.1, 0.15) is 0 Å². The van der Waals surface area contributed by atoms with Gasteiger partial charge in [-0.05, 0) is 55.1 Å². The van der Waals surface area contributed by atoms with Crippen molar-refractivity contribution in [3.63, 3.8) is 0 Å². The number of nitrogens with zero attached hydrogens (tertiary/aromatic N) is 1. The van der Waals surface area contributed by atoms with Crippen LogP contribution in [0.2, 0.25) is 5.02 Å². The molecule has 1 N–H and O–H groups in total. The highest BCUT2D eigenvalue weighted by Crippen LogP contribution is 2.37. The summed E-state index contributed by atoms with van der Waals surface area (Å²) in [6.45, 7) is 4.48. The molecule has 2 nitrogen and oxygen atoms in total. The zero-order valence-electron chi connectivity index (χ0n) is 11.2. The summed E-state index contributed by atoms with van der Waals surface area (Å²) in [5, 5.41) is 5.38. The number of benzene rings is 1. The topological polar surface area (TPSA) is 24.9 Å². The fraction of sp³-hybridized carbons (Fsp3) is 0.438. The highest BCUT2D eigenvalue weighted by atomic mass is 35.5. The SMILES string of the molecule is CCC1CNCCC1c1ccc(Cl)c2cccnc12. The van der Waals surface area contributed by atoms with E-state index in [1.54, 1.807) is 0 Å². The van der Waals surface area contributed by atoms with E-state index in [0.29, 0.717) is 11.8 Å². The van der Waals surface area contributed by atoms with E-state index in [4.69, 9.17) is 11.6 Å². The van der Waals surface area contributed by atoms with Crippen LogP contribution in [0.1, 0.15) is 31.2 Å². The predicted molar refractivity (Wildman–Crippen MR) is 80.8 cm³/mol. The summed E-state index contributed by atoms with van der Waals surface area (Å²) in [5.74, 6) is 1.29. The molecule has 19 heavy (non-hydrogen) atoms. The van der Waals surface area contributed by atoms with Crippen LogP contribution in [0, 0.1) is 5.92 Å². The maximum Gasteiger partial charge on any atom is 0.0751 e. The average molecular weight is 275 g/mol. The largest absolute Gasteiger partial charge is 0.316 e. The Balaban J connectivity index is 2.11. The van der Waals surface area contributed by atoms with E-state index in [9.17, 15) is 0 Å². The Morgan fingerprint density at radius 2 is 2.26 bits per heavy atom. The second-order valence-corrected chi connectivity index (χ2v) is 5.71. The molecule has 3 rings (SSSR count). The van der Waals surface area contributed by atoms with Crippen molar-refractivity contribution in [2.24, 2.45) is 5.92 Å². The van der Waals surface area contributed by atoms with Crippen LogP contribution in [0.5, 0.6) is 0 Å². The minimum absolute atomic E-state index is 0.598. The second kappa shape index (κ2) is 5.48. The summed E-state index contributed by atoms with van der Waals surface area (Å²) in [5.41, 5.74) is 2.45. The third-order valence-corrected chi connectivity index (χ3v) is 4.61. The van der Waals surface area contributed by atoms with Gasteiger partial charge in [-0.1, -0.05) is 31.0 Å². The summed E-state index contributed by atoms with van der Waals surface area (Å²) >= 11 is 6.29. The standard InChI is InChI=1S/C16H19ClN2/c1-2-11-10-18-9-7-12(11)13-5-6-15(17)14-4-3-8-19-16(13)14/h3-6,8,11-12,18H,2,7,9-10H2,1H3. The van der Waals surface area contributed by atoms with Gasteiger partial charge in [0.15, 0.2) is 0 Å². The van der Waals surface area contributed by atoms with E-state index in [1.807, 2.05) is 18.3 Å².